The van der Waals surface area contributed by atoms with Crippen LogP contribution in [0.4, 0.5) is 0 Å². The first-order valence-corrected chi connectivity index (χ1v) is 8.93. The Kier molecular flexibility index (Phi) is 4.51. The molecule has 0 radical (unpaired) electrons. The van der Waals surface area contributed by atoms with Crippen LogP contribution in [0.3, 0.4) is 0 Å². The number of hydrogen-bond donors (Lipinski definition) is 0. The van der Waals surface area contributed by atoms with Crippen LogP contribution < -0.4 is 0 Å². The molecule has 1 fully saturated rings. The van der Waals surface area contributed by atoms with E-state index >= 15 is 0 Å². The summed E-state index contributed by atoms with van der Waals surface area (Å²) in [5.74, 6) is 0. The maximum atomic E-state index is 6.19. The molecular formula is C17H18N2O4S. The average Bonchev–Trinajstić information content (AvgIpc) is 2.67. The third-order valence-electron chi connectivity index (χ3n) is 4.14. The van der Waals surface area contributed by atoms with E-state index in [0.717, 1.165) is 16.8 Å². The zero-order valence-corrected chi connectivity index (χ0v) is 14.2. The molecule has 1 saturated heterocycles. The molecule has 2 aliphatic heterocycles. The first-order chi connectivity index (χ1) is 11.8. The molecule has 1 aromatic heterocycles. The van der Waals surface area contributed by atoms with Gasteiger partial charge in [-0.3, -0.25) is 0 Å². The van der Waals surface area contributed by atoms with E-state index in [1.807, 2.05) is 36.6 Å². The first kappa shape index (κ1) is 16.0. The van der Waals surface area contributed by atoms with Crippen LogP contribution >= 0.6 is 11.8 Å². The van der Waals surface area contributed by atoms with Crippen molar-refractivity contribution in [1.82, 2.24) is 9.97 Å². The van der Waals surface area contributed by atoms with Crippen molar-refractivity contribution in [2.45, 2.75) is 29.9 Å². The standard InChI is InChI=1S/C17H18N2O4S/c1-20-16-11-8-18-17(24-2)19-13(11)14-12(22-16)9-21-15(23-14)10-6-4-3-5-7-10/h3-8,12,14-16H,9H2,1-2H3/t12-,14-,15-,16+/m1/s1. The van der Waals surface area contributed by atoms with E-state index in [2.05, 4.69) is 9.97 Å². The molecule has 0 amide bonds. The van der Waals surface area contributed by atoms with Crippen LogP contribution in [0.1, 0.15) is 35.5 Å². The number of nitrogens with zero attached hydrogens (tertiary/aromatic N) is 2. The Morgan fingerprint density at radius 3 is 2.79 bits per heavy atom. The lowest BCUT2D eigenvalue weighted by atomic mass is 10.0. The quantitative estimate of drug-likeness (QED) is 0.625. The molecule has 0 aliphatic carbocycles. The van der Waals surface area contributed by atoms with Gasteiger partial charge in [0.1, 0.15) is 12.2 Å². The van der Waals surface area contributed by atoms with Gasteiger partial charge in [-0.15, -0.1) is 0 Å². The fraction of sp³-hybridized carbons (Fsp3) is 0.412. The molecule has 2 aromatic rings. The summed E-state index contributed by atoms with van der Waals surface area (Å²) in [7, 11) is 1.61. The molecule has 24 heavy (non-hydrogen) atoms. The van der Waals surface area contributed by atoms with Crippen LogP contribution in [0, 0.1) is 0 Å². The van der Waals surface area contributed by atoms with Crippen LogP contribution in [0.25, 0.3) is 0 Å². The summed E-state index contributed by atoms with van der Waals surface area (Å²) in [6.45, 7) is 0.419. The fourth-order valence-corrected chi connectivity index (χ4v) is 3.32. The number of rotatable bonds is 3. The summed E-state index contributed by atoms with van der Waals surface area (Å²) >= 11 is 1.50. The van der Waals surface area contributed by atoms with Gasteiger partial charge in [-0.2, -0.15) is 0 Å². The van der Waals surface area contributed by atoms with Crippen molar-refractivity contribution in [2.75, 3.05) is 20.0 Å². The molecule has 4 rings (SSSR count). The van der Waals surface area contributed by atoms with Gasteiger partial charge in [-0.05, 0) is 6.26 Å². The molecule has 0 saturated carbocycles. The Balaban J connectivity index is 1.69. The van der Waals surface area contributed by atoms with Crippen LogP contribution in [0.2, 0.25) is 0 Å². The van der Waals surface area contributed by atoms with Gasteiger partial charge in [0, 0.05) is 18.9 Å². The van der Waals surface area contributed by atoms with Crippen LogP contribution in [-0.4, -0.2) is 36.0 Å². The number of methoxy groups -OCH3 is 1. The van der Waals surface area contributed by atoms with Crippen LogP contribution in [0.15, 0.2) is 41.7 Å². The van der Waals surface area contributed by atoms with Crippen LogP contribution in [0.5, 0.6) is 0 Å². The zero-order valence-electron chi connectivity index (χ0n) is 13.4. The zero-order chi connectivity index (χ0) is 16.5. The van der Waals surface area contributed by atoms with Gasteiger partial charge >= 0.3 is 0 Å². The van der Waals surface area contributed by atoms with Gasteiger partial charge in [0.05, 0.1) is 17.9 Å². The molecule has 0 N–H and O–H groups in total. The van der Waals surface area contributed by atoms with Gasteiger partial charge in [-0.25, -0.2) is 9.97 Å². The Bertz CT molecular complexity index is 715. The van der Waals surface area contributed by atoms with E-state index in [4.69, 9.17) is 18.9 Å². The maximum Gasteiger partial charge on any atom is 0.187 e. The molecule has 126 valence electrons. The van der Waals surface area contributed by atoms with Gasteiger partial charge < -0.3 is 18.9 Å². The lowest BCUT2D eigenvalue weighted by molar-refractivity contribution is -0.307. The highest BCUT2D eigenvalue weighted by molar-refractivity contribution is 7.98. The van der Waals surface area contributed by atoms with Crippen molar-refractivity contribution in [3.8, 4) is 0 Å². The number of thioether (sulfide) groups is 1. The van der Waals surface area contributed by atoms with Crippen molar-refractivity contribution in [3.63, 3.8) is 0 Å². The number of hydrogen-bond acceptors (Lipinski definition) is 7. The Labute approximate surface area is 144 Å². The van der Waals surface area contributed by atoms with Gasteiger partial charge in [-0.1, -0.05) is 42.1 Å². The van der Waals surface area contributed by atoms with Crippen molar-refractivity contribution < 1.29 is 18.9 Å². The molecule has 6 nitrogen and oxygen atoms in total. The van der Waals surface area contributed by atoms with E-state index in [1.165, 1.54) is 11.8 Å². The molecule has 0 bridgehead atoms. The first-order valence-electron chi connectivity index (χ1n) is 7.71. The summed E-state index contributed by atoms with van der Waals surface area (Å²) < 4.78 is 23.4. The second-order valence-corrected chi connectivity index (χ2v) is 6.35. The number of ether oxygens (including phenoxy) is 4. The maximum absolute atomic E-state index is 6.19. The van der Waals surface area contributed by atoms with Crippen LogP contribution in [-0.2, 0) is 18.9 Å². The topological polar surface area (TPSA) is 62.7 Å². The summed E-state index contributed by atoms with van der Waals surface area (Å²) in [5.41, 5.74) is 2.61. The summed E-state index contributed by atoms with van der Waals surface area (Å²) in [5, 5.41) is 0.704. The molecule has 3 heterocycles. The van der Waals surface area contributed by atoms with E-state index in [9.17, 15) is 0 Å². The Hall–Kier alpha value is -1.51. The van der Waals surface area contributed by atoms with Gasteiger partial charge in [0.25, 0.3) is 0 Å². The van der Waals surface area contributed by atoms with Gasteiger partial charge in [0.15, 0.2) is 17.7 Å². The SMILES string of the molecule is CO[C@H]1O[C@@H]2CO[C@@H](c3ccccc3)O[C@H]2c2nc(SC)ncc21. The monoisotopic (exact) mass is 346 g/mol. The van der Waals surface area contributed by atoms with Crippen molar-refractivity contribution in [1.29, 1.82) is 0 Å². The minimum absolute atomic E-state index is 0.257. The summed E-state index contributed by atoms with van der Waals surface area (Å²) in [4.78, 5) is 8.98. The third kappa shape index (κ3) is 2.82. The second-order valence-electron chi connectivity index (χ2n) is 5.57. The minimum Gasteiger partial charge on any atom is -0.352 e. The average molecular weight is 346 g/mol. The molecule has 1 aromatic carbocycles. The Morgan fingerprint density at radius 1 is 1.21 bits per heavy atom. The smallest absolute Gasteiger partial charge is 0.187 e. The molecule has 0 unspecified atom stereocenters. The molecule has 0 spiro atoms. The normalized spacial score (nSPS) is 28.9. The molecule has 7 heteroatoms. The van der Waals surface area contributed by atoms with E-state index in [0.29, 0.717) is 11.8 Å². The van der Waals surface area contributed by atoms with Crippen molar-refractivity contribution in [3.05, 3.63) is 53.3 Å². The number of fused-ring (bicyclic) bond motifs is 3. The van der Waals surface area contributed by atoms with Crippen molar-refractivity contribution in [2.24, 2.45) is 0 Å². The van der Waals surface area contributed by atoms with E-state index < -0.39 is 12.6 Å². The van der Waals surface area contributed by atoms with E-state index in [-0.39, 0.29) is 12.2 Å². The predicted octanol–water partition coefficient (Wildman–Crippen LogP) is 3.03. The third-order valence-corrected chi connectivity index (χ3v) is 4.70. The molecular weight excluding hydrogens is 328 g/mol. The fourth-order valence-electron chi connectivity index (χ4n) is 2.98. The summed E-state index contributed by atoms with van der Waals surface area (Å²) in [6, 6.07) is 9.87. The number of benzene rings is 1. The van der Waals surface area contributed by atoms with Crippen molar-refractivity contribution >= 4 is 11.8 Å². The highest BCUT2D eigenvalue weighted by Crippen LogP contribution is 2.43. The molecule has 2 aliphatic rings. The predicted molar refractivity (Wildman–Crippen MR) is 87.4 cm³/mol. The lowest BCUT2D eigenvalue weighted by Gasteiger charge is -2.41. The van der Waals surface area contributed by atoms with E-state index in [1.54, 1.807) is 13.3 Å². The minimum atomic E-state index is -0.502. The Morgan fingerprint density at radius 2 is 2.04 bits per heavy atom. The molecule has 4 atom stereocenters. The highest BCUT2D eigenvalue weighted by atomic mass is 32.2. The largest absolute Gasteiger partial charge is 0.352 e. The highest BCUT2D eigenvalue weighted by Gasteiger charge is 2.43. The van der Waals surface area contributed by atoms with Gasteiger partial charge in [0.2, 0.25) is 0 Å². The lowest BCUT2D eigenvalue weighted by Crippen LogP contribution is -2.42. The summed E-state index contributed by atoms with van der Waals surface area (Å²) in [6.07, 6.45) is 2.21. The second kappa shape index (κ2) is 6.78. The number of aromatic nitrogens is 2.